The van der Waals surface area contributed by atoms with E-state index in [4.69, 9.17) is 10.9 Å². The fourth-order valence-electron chi connectivity index (χ4n) is 3.91. The number of rotatable bonds is 4. The van der Waals surface area contributed by atoms with Gasteiger partial charge in [0, 0.05) is 12.5 Å². The van der Waals surface area contributed by atoms with Gasteiger partial charge in [0.2, 0.25) is 10.0 Å². The third-order valence-electron chi connectivity index (χ3n) is 5.53. The van der Waals surface area contributed by atoms with Gasteiger partial charge in [-0.3, -0.25) is 4.31 Å². The predicted octanol–water partition coefficient (Wildman–Crippen LogP) is 4.40. The van der Waals surface area contributed by atoms with Crippen LogP contribution in [0, 0.1) is 5.92 Å². The van der Waals surface area contributed by atoms with E-state index in [1.165, 1.54) is 16.4 Å². The maximum atomic E-state index is 13.4. The van der Waals surface area contributed by atoms with Crippen LogP contribution in [0.3, 0.4) is 0 Å². The SMILES string of the molecule is CC1C=C(C(N)=NO)SC1S(=O)(=O)N1CCc2cc(-c3ccc(C(F)(F)F)cc3)ccc21. The number of allylic oxidation sites excluding steroid dienone is 1. The van der Waals surface area contributed by atoms with Crippen molar-refractivity contribution in [3.63, 3.8) is 0 Å². The lowest BCUT2D eigenvalue weighted by atomic mass is 10.0. The topological polar surface area (TPSA) is 96.0 Å². The Bertz CT molecular complexity index is 1210. The molecule has 6 nitrogen and oxygen atoms in total. The van der Waals surface area contributed by atoms with Gasteiger partial charge in [-0.05, 0) is 47.4 Å². The average Bonchev–Trinajstić information content (AvgIpc) is 3.36. The molecule has 0 aromatic heterocycles. The monoisotopic (exact) mass is 483 g/mol. The van der Waals surface area contributed by atoms with Crippen molar-refractivity contribution in [2.24, 2.45) is 16.8 Å². The molecule has 2 aromatic carbocycles. The molecule has 0 saturated heterocycles. The van der Waals surface area contributed by atoms with Crippen molar-refractivity contribution in [3.8, 4) is 11.1 Å². The minimum absolute atomic E-state index is 0.123. The molecule has 0 bridgehead atoms. The van der Waals surface area contributed by atoms with Crippen LogP contribution in [0.25, 0.3) is 11.1 Å². The summed E-state index contributed by atoms with van der Waals surface area (Å²) in [6.07, 6.45) is -2.23. The zero-order chi connectivity index (χ0) is 23.3. The summed E-state index contributed by atoms with van der Waals surface area (Å²) in [5.74, 6) is -0.460. The van der Waals surface area contributed by atoms with Gasteiger partial charge in [-0.2, -0.15) is 13.2 Å². The number of nitrogens with two attached hydrogens (primary N) is 1. The lowest BCUT2D eigenvalue weighted by Gasteiger charge is -2.25. The number of alkyl halides is 3. The van der Waals surface area contributed by atoms with Crippen LogP contribution >= 0.6 is 11.8 Å². The number of oxime groups is 1. The number of nitrogens with zero attached hydrogens (tertiary/aromatic N) is 2. The van der Waals surface area contributed by atoms with Crippen molar-refractivity contribution in [2.45, 2.75) is 24.1 Å². The average molecular weight is 484 g/mol. The van der Waals surface area contributed by atoms with E-state index < -0.39 is 26.3 Å². The molecule has 4 rings (SSSR count). The number of benzene rings is 2. The van der Waals surface area contributed by atoms with E-state index in [1.54, 1.807) is 25.1 Å². The van der Waals surface area contributed by atoms with Crippen molar-refractivity contribution >= 4 is 33.3 Å². The number of hydrogen-bond donors (Lipinski definition) is 2. The highest BCUT2D eigenvalue weighted by atomic mass is 32.3. The first-order valence-corrected chi connectivity index (χ1v) is 12.1. The highest BCUT2D eigenvalue weighted by Gasteiger charge is 2.42. The van der Waals surface area contributed by atoms with E-state index in [-0.39, 0.29) is 18.3 Å². The number of hydrogen-bond acceptors (Lipinski definition) is 5. The summed E-state index contributed by atoms with van der Waals surface area (Å²) in [5, 5.41) is 11.8. The van der Waals surface area contributed by atoms with Crippen LogP contribution in [0.1, 0.15) is 18.1 Å². The normalized spacial score (nSPS) is 21.6. The molecule has 0 aliphatic carbocycles. The lowest BCUT2D eigenvalue weighted by molar-refractivity contribution is -0.137. The fraction of sp³-hybridized carbons (Fsp3) is 0.286. The van der Waals surface area contributed by atoms with Gasteiger partial charge >= 0.3 is 6.18 Å². The Morgan fingerprint density at radius 3 is 2.47 bits per heavy atom. The first-order chi connectivity index (χ1) is 15.0. The van der Waals surface area contributed by atoms with E-state index in [9.17, 15) is 21.6 Å². The summed E-state index contributed by atoms with van der Waals surface area (Å²) in [7, 11) is -3.75. The molecule has 11 heteroatoms. The summed E-state index contributed by atoms with van der Waals surface area (Å²) < 4.78 is 65.7. The Morgan fingerprint density at radius 1 is 1.19 bits per heavy atom. The minimum Gasteiger partial charge on any atom is -0.409 e. The van der Waals surface area contributed by atoms with Gasteiger partial charge in [0.25, 0.3) is 0 Å². The molecule has 32 heavy (non-hydrogen) atoms. The van der Waals surface area contributed by atoms with Gasteiger partial charge in [0.05, 0.1) is 16.2 Å². The fourth-order valence-corrected chi connectivity index (χ4v) is 7.69. The molecule has 0 radical (unpaired) electrons. The van der Waals surface area contributed by atoms with Crippen LogP contribution in [0.2, 0.25) is 0 Å². The Kier molecular flexibility index (Phi) is 5.66. The molecule has 2 aromatic rings. The van der Waals surface area contributed by atoms with Gasteiger partial charge in [-0.1, -0.05) is 36.4 Å². The Hall–Kier alpha value is -2.66. The first kappa shape index (κ1) is 22.5. The van der Waals surface area contributed by atoms with Gasteiger partial charge in [-0.15, -0.1) is 11.8 Å². The summed E-state index contributed by atoms with van der Waals surface area (Å²) in [6.45, 7) is 2.04. The summed E-state index contributed by atoms with van der Waals surface area (Å²) in [5.41, 5.74) is 7.61. The maximum absolute atomic E-state index is 13.4. The second-order valence-electron chi connectivity index (χ2n) is 7.65. The van der Waals surface area contributed by atoms with Gasteiger partial charge in [-0.25, -0.2) is 8.42 Å². The minimum atomic E-state index is -4.40. The maximum Gasteiger partial charge on any atom is 0.416 e. The van der Waals surface area contributed by atoms with Crippen LogP contribution < -0.4 is 10.0 Å². The van der Waals surface area contributed by atoms with E-state index in [1.807, 2.05) is 6.07 Å². The molecular weight excluding hydrogens is 463 g/mol. The van der Waals surface area contributed by atoms with E-state index in [0.29, 0.717) is 22.6 Å². The second kappa shape index (κ2) is 8.04. The van der Waals surface area contributed by atoms with Crippen molar-refractivity contribution in [3.05, 3.63) is 64.6 Å². The summed E-state index contributed by atoms with van der Waals surface area (Å²) >= 11 is 1.05. The van der Waals surface area contributed by atoms with Crippen LogP contribution in [0.15, 0.2) is 58.6 Å². The Balaban J connectivity index is 1.59. The van der Waals surface area contributed by atoms with Crippen molar-refractivity contribution in [1.82, 2.24) is 0 Å². The number of amidine groups is 1. The molecule has 2 unspecified atom stereocenters. The quantitative estimate of drug-likeness (QED) is 0.291. The Labute approximate surface area is 187 Å². The second-order valence-corrected chi connectivity index (χ2v) is 11.1. The van der Waals surface area contributed by atoms with Crippen LogP contribution in [-0.2, 0) is 22.6 Å². The van der Waals surface area contributed by atoms with Crippen LogP contribution in [0.4, 0.5) is 18.9 Å². The predicted molar refractivity (Wildman–Crippen MR) is 119 cm³/mol. The lowest BCUT2D eigenvalue weighted by Crippen LogP contribution is -2.38. The zero-order valence-electron chi connectivity index (χ0n) is 16.9. The molecule has 3 N–H and O–H groups in total. The van der Waals surface area contributed by atoms with Crippen molar-refractivity contribution in [1.29, 1.82) is 0 Å². The number of sulfonamides is 1. The van der Waals surface area contributed by atoms with E-state index in [2.05, 4.69) is 5.16 Å². The van der Waals surface area contributed by atoms with Gasteiger partial charge < -0.3 is 10.9 Å². The van der Waals surface area contributed by atoms with Gasteiger partial charge in [0.15, 0.2) is 5.84 Å². The zero-order valence-corrected chi connectivity index (χ0v) is 18.5. The Morgan fingerprint density at radius 2 is 1.84 bits per heavy atom. The number of thioether (sulfide) groups is 1. The number of halogens is 3. The van der Waals surface area contributed by atoms with Crippen molar-refractivity contribution in [2.75, 3.05) is 10.8 Å². The number of anilines is 1. The smallest absolute Gasteiger partial charge is 0.409 e. The molecular formula is C21H20F3N3O3S2. The van der Waals surface area contributed by atoms with Crippen LogP contribution in [0.5, 0.6) is 0 Å². The molecule has 170 valence electrons. The third-order valence-corrected chi connectivity index (χ3v) is 9.81. The molecule has 0 fully saturated rings. The van der Waals surface area contributed by atoms with Crippen LogP contribution in [-0.4, -0.2) is 30.6 Å². The molecule has 0 saturated carbocycles. The first-order valence-electron chi connectivity index (χ1n) is 9.71. The van der Waals surface area contributed by atoms with Gasteiger partial charge in [0.1, 0.15) is 4.58 Å². The standard InChI is InChI=1S/C21H20F3N3O3S2/c1-12-10-18(19(25)26-28)31-20(12)32(29,30)27-9-8-15-11-14(4-7-17(15)27)13-2-5-16(6-3-13)21(22,23)24/h2-7,10-12,20,28H,8-9H2,1H3,(H2,25,26). The number of fused-ring (bicyclic) bond motifs is 1. The molecule has 2 heterocycles. The largest absolute Gasteiger partial charge is 0.416 e. The molecule has 2 atom stereocenters. The summed E-state index contributed by atoms with van der Waals surface area (Å²) in [6, 6.07) is 10.1. The summed E-state index contributed by atoms with van der Waals surface area (Å²) in [4.78, 5) is 0.422. The highest BCUT2D eigenvalue weighted by molar-refractivity contribution is 8.16. The molecule has 2 aliphatic heterocycles. The molecule has 0 amide bonds. The molecule has 0 spiro atoms. The van der Waals surface area contributed by atoms with E-state index in [0.717, 1.165) is 35.0 Å². The molecule has 2 aliphatic rings. The van der Waals surface area contributed by atoms with Crippen molar-refractivity contribution < 1.29 is 26.8 Å². The third kappa shape index (κ3) is 3.95. The van der Waals surface area contributed by atoms with E-state index >= 15 is 0 Å². The highest BCUT2D eigenvalue weighted by Crippen LogP contribution is 2.44.